The molecule has 0 bridgehead atoms. The maximum atomic E-state index is 11.8. The van der Waals surface area contributed by atoms with Crippen LogP contribution in [0.1, 0.15) is 5.56 Å². The van der Waals surface area contributed by atoms with Gasteiger partial charge in [-0.2, -0.15) is 0 Å². The number of para-hydroxylation sites is 1. The molecule has 0 heterocycles. The molecule has 2 aromatic carbocycles. The summed E-state index contributed by atoms with van der Waals surface area (Å²) in [6, 6.07) is 14.4. The molecule has 104 valence electrons. The van der Waals surface area contributed by atoms with Crippen LogP contribution in [0.25, 0.3) is 0 Å². The molecular weight excluding hydrogens is 322 g/mol. The van der Waals surface area contributed by atoms with Gasteiger partial charge in [0.2, 0.25) is 0 Å². The number of aliphatic hydroxyl groups excluding tert-OH is 1. The highest BCUT2D eigenvalue weighted by Gasteiger charge is 2.06. The summed E-state index contributed by atoms with van der Waals surface area (Å²) in [5.41, 5.74) is 1.44. The molecule has 0 aliphatic carbocycles. The van der Waals surface area contributed by atoms with Crippen LogP contribution in [0.4, 0.5) is 5.69 Å². The lowest BCUT2D eigenvalue weighted by Gasteiger charge is -2.09. The smallest absolute Gasteiger partial charge is 0.262 e. The van der Waals surface area contributed by atoms with Gasteiger partial charge < -0.3 is 15.2 Å². The minimum Gasteiger partial charge on any atom is -0.484 e. The summed E-state index contributed by atoms with van der Waals surface area (Å²) in [4.78, 5) is 11.8. The average Bonchev–Trinajstić information content (AvgIpc) is 2.48. The van der Waals surface area contributed by atoms with Gasteiger partial charge in [-0.15, -0.1) is 0 Å². The maximum Gasteiger partial charge on any atom is 0.262 e. The third kappa shape index (κ3) is 4.08. The second-order valence-electron chi connectivity index (χ2n) is 4.12. The number of halogens is 1. The van der Waals surface area contributed by atoms with Crippen molar-refractivity contribution in [2.75, 3.05) is 11.9 Å². The van der Waals surface area contributed by atoms with Gasteiger partial charge in [-0.1, -0.05) is 24.3 Å². The Morgan fingerprint density at radius 3 is 2.75 bits per heavy atom. The number of carbonyl (C=O) groups excluding carboxylic acids is 1. The molecule has 4 nitrogen and oxygen atoms in total. The van der Waals surface area contributed by atoms with Gasteiger partial charge in [-0.25, -0.2) is 0 Å². The third-order valence-electron chi connectivity index (χ3n) is 2.60. The van der Waals surface area contributed by atoms with Gasteiger partial charge in [0.05, 0.1) is 12.3 Å². The highest BCUT2D eigenvalue weighted by Crippen LogP contribution is 2.21. The van der Waals surface area contributed by atoms with Crippen LogP contribution in [0, 0.1) is 0 Å². The molecular formula is C15H14BrNO3. The van der Waals surface area contributed by atoms with Crippen molar-refractivity contribution in [3.8, 4) is 5.75 Å². The molecule has 0 saturated heterocycles. The zero-order valence-corrected chi connectivity index (χ0v) is 12.3. The largest absolute Gasteiger partial charge is 0.484 e. The Balaban J connectivity index is 1.90. The van der Waals surface area contributed by atoms with E-state index in [1.807, 2.05) is 18.2 Å². The Morgan fingerprint density at radius 2 is 2.00 bits per heavy atom. The predicted octanol–water partition coefficient (Wildman–Crippen LogP) is 2.96. The fourth-order valence-corrected chi connectivity index (χ4v) is 2.02. The summed E-state index contributed by atoms with van der Waals surface area (Å²) < 4.78 is 6.20. The number of hydrogen-bond acceptors (Lipinski definition) is 3. The number of ether oxygens (including phenoxy) is 1. The van der Waals surface area contributed by atoms with Crippen molar-refractivity contribution in [1.82, 2.24) is 0 Å². The van der Waals surface area contributed by atoms with Crippen LogP contribution in [-0.2, 0) is 11.4 Å². The summed E-state index contributed by atoms with van der Waals surface area (Å²) in [6.45, 7) is -0.142. The minimum absolute atomic E-state index is 0.0552. The normalized spacial score (nSPS) is 10.1. The SMILES string of the molecule is O=C(COc1cccc(CO)c1)Nc1ccccc1Br. The predicted molar refractivity (Wildman–Crippen MR) is 80.6 cm³/mol. The average molecular weight is 336 g/mol. The molecule has 0 fully saturated rings. The number of nitrogens with one attached hydrogen (secondary N) is 1. The van der Waals surface area contributed by atoms with Crippen molar-refractivity contribution in [3.05, 3.63) is 58.6 Å². The van der Waals surface area contributed by atoms with Gasteiger partial charge >= 0.3 is 0 Å². The molecule has 0 aromatic heterocycles. The lowest BCUT2D eigenvalue weighted by atomic mass is 10.2. The second-order valence-corrected chi connectivity index (χ2v) is 4.98. The zero-order chi connectivity index (χ0) is 14.4. The van der Waals surface area contributed by atoms with E-state index >= 15 is 0 Å². The van der Waals surface area contributed by atoms with E-state index in [9.17, 15) is 4.79 Å². The van der Waals surface area contributed by atoms with E-state index in [-0.39, 0.29) is 19.1 Å². The van der Waals surface area contributed by atoms with Gasteiger partial charge in [0, 0.05) is 4.47 Å². The van der Waals surface area contributed by atoms with Crippen LogP contribution in [0.3, 0.4) is 0 Å². The Kier molecular flexibility index (Phi) is 5.15. The first-order valence-electron chi connectivity index (χ1n) is 6.06. The summed E-state index contributed by atoms with van der Waals surface area (Å²) in [5.74, 6) is 0.310. The van der Waals surface area contributed by atoms with E-state index in [4.69, 9.17) is 9.84 Å². The number of rotatable bonds is 5. The Hall–Kier alpha value is -1.85. The lowest BCUT2D eigenvalue weighted by molar-refractivity contribution is -0.118. The van der Waals surface area contributed by atoms with Crippen molar-refractivity contribution in [3.63, 3.8) is 0 Å². The number of anilines is 1. The zero-order valence-electron chi connectivity index (χ0n) is 10.7. The molecule has 20 heavy (non-hydrogen) atoms. The van der Waals surface area contributed by atoms with Crippen molar-refractivity contribution in [2.45, 2.75) is 6.61 Å². The molecule has 0 aliphatic rings. The summed E-state index contributed by atoms with van der Waals surface area (Å²) >= 11 is 3.36. The number of carbonyl (C=O) groups is 1. The van der Waals surface area contributed by atoms with Gasteiger partial charge in [0.25, 0.3) is 5.91 Å². The third-order valence-corrected chi connectivity index (χ3v) is 3.29. The van der Waals surface area contributed by atoms with Crippen LogP contribution < -0.4 is 10.1 Å². The number of amides is 1. The molecule has 1 amide bonds. The van der Waals surface area contributed by atoms with E-state index < -0.39 is 0 Å². The first-order valence-corrected chi connectivity index (χ1v) is 6.85. The molecule has 0 atom stereocenters. The fraction of sp³-hybridized carbons (Fsp3) is 0.133. The van der Waals surface area contributed by atoms with Crippen LogP contribution in [0.5, 0.6) is 5.75 Å². The molecule has 0 radical (unpaired) electrons. The van der Waals surface area contributed by atoms with Crippen molar-refractivity contribution >= 4 is 27.5 Å². The maximum absolute atomic E-state index is 11.8. The number of aliphatic hydroxyl groups is 1. The van der Waals surface area contributed by atoms with Gasteiger partial charge in [-0.05, 0) is 45.8 Å². The van der Waals surface area contributed by atoms with E-state index in [1.165, 1.54) is 0 Å². The molecule has 0 aliphatic heterocycles. The van der Waals surface area contributed by atoms with E-state index in [0.29, 0.717) is 11.4 Å². The van der Waals surface area contributed by atoms with E-state index in [0.717, 1.165) is 10.0 Å². The van der Waals surface area contributed by atoms with Crippen LogP contribution >= 0.6 is 15.9 Å². The van der Waals surface area contributed by atoms with Gasteiger partial charge in [0.15, 0.2) is 6.61 Å². The highest BCUT2D eigenvalue weighted by molar-refractivity contribution is 9.10. The topological polar surface area (TPSA) is 58.6 Å². The minimum atomic E-state index is -0.244. The van der Waals surface area contributed by atoms with Crippen LogP contribution in [0.2, 0.25) is 0 Å². The Labute approximate surface area is 125 Å². The molecule has 2 rings (SSSR count). The molecule has 2 N–H and O–H groups in total. The van der Waals surface area contributed by atoms with Crippen LogP contribution in [0.15, 0.2) is 53.0 Å². The Bertz CT molecular complexity index is 601. The molecule has 5 heteroatoms. The Morgan fingerprint density at radius 1 is 1.20 bits per heavy atom. The first kappa shape index (κ1) is 14.6. The van der Waals surface area contributed by atoms with Gasteiger partial charge in [-0.3, -0.25) is 4.79 Å². The monoisotopic (exact) mass is 335 g/mol. The quantitative estimate of drug-likeness (QED) is 0.883. The summed E-state index contributed by atoms with van der Waals surface area (Å²) in [5, 5.41) is 11.8. The highest BCUT2D eigenvalue weighted by atomic mass is 79.9. The van der Waals surface area contributed by atoms with E-state index in [1.54, 1.807) is 30.3 Å². The fourth-order valence-electron chi connectivity index (χ4n) is 1.63. The molecule has 2 aromatic rings. The van der Waals surface area contributed by atoms with Crippen molar-refractivity contribution in [2.24, 2.45) is 0 Å². The lowest BCUT2D eigenvalue weighted by Crippen LogP contribution is -2.20. The summed E-state index contributed by atoms with van der Waals surface area (Å²) in [6.07, 6.45) is 0. The van der Waals surface area contributed by atoms with Crippen LogP contribution in [-0.4, -0.2) is 17.6 Å². The first-order chi connectivity index (χ1) is 9.69. The number of benzene rings is 2. The van der Waals surface area contributed by atoms with Gasteiger partial charge in [0.1, 0.15) is 5.75 Å². The number of hydrogen-bond donors (Lipinski definition) is 2. The van der Waals surface area contributed by atoms with E-state index in [2.05, 4.69) is 21.2 Å². The molecule has 0 spiro atoms. The molecule has 0 saturated carbocycles. The molecule has 0 unspecified atom stereocenters. The summed E-state index contributed by atoms with van der Waals surface area (Å²) in [7, 11) is 0. The van der Waals surface area contributed by atoms with Crippen molar-refractivity contribution < 1.29 is 14.6 Å². The second kappa shape index (κ2) is 7.07. The van der Waals surface area contributed by atoms with Crippen molar-refractivity contribution in [1.29, 1.82) is 0 Å². The standard InChI is InChI=1S/C15H14BrNO3/c16-13-6-1-2-7-14(13)17-15(19)10-20-12-5-3-4-11(8-12)9-18/h1-8,18H,9-10H2,(H,17,19).